The van der Waals surface area contributed by atoms with E-state index in [1.807, 2.05) is 6.07 Å². The molecule has 1 aromatic rings. The molecule has 1 aliphatic carbocycles. The lowest BCUT2D eigenvalue weighted by Gasteiger charge is -2.30. The van der Waals surface area contributed by atoms with Gasteiger partial charge in [0, 0.05) is 12.1 Å². The number of sulfonamides is 1. The fourth-order valence-electron chi connectivity index (χ4n) is 2.47. The molecule has 0 bridgehead atoms. The zero-order chi connectivity index (χ0) is 13.9. The van der Waals surface area contributed by atoms with Crippen LogP contribution in [-0.4, -0.2) is 27.5 Å². The van der Waals surface area contributed by atoms with Gasteiger partial charge in [0.2, 0.25) is 10.0 Å². The number of nitrogens with two attached hydrogens (primary N) is 1. The van der Waals surface area contributed by atoms with Gasteiger partial charge in [-0.1, -0.05) is 25.0 Å². The number of rotatable bonds is 4. The fourth-order valence-corrected chi connectivity index (χ4v) is 3.36. The summed E-state index contributed by atoms with van der Waals surface area (Å²) in [6.45, 7) is 0. The summed E-state index contributed by atoms with van der Waals surface area (Å²) in [4.78, 5) is 0.273. The predicted octanol–water partition coefficient (Wildman–Crippen LogP) is 1.28. The standard InChI is InChI=1S/C13H21N3O2S/c1-15-19(17,18)13-9-5-4-8-12(13)16-11-7-3-2-6-10(11)14/h4-5,8-11,15-16H,2-3,6-7,14H2,1H3. The molecule has 1 saturated carbocycles. The molecular weight excluding hydrogens is 262 g/mol. The first-order chi connectivity index (χ1) is 9.04. The van der Waals surface area contributed by atoms with Crippen LogP contribution in [0.5, 0.6) is 0 Å². The van der Waals surface area contributed by atoms with Crippen LogP contribution in [0.2, 0.25) is 0 Å². The highest BCUT2D eigenvalue weighted by Gasteiger charge is 2.24. The average molecular weight is 283 g/mol. The maximum Gasteiger partial charge on any atom is 0.242 e. The highest BCUT2D eigenvalue weighted by atomic mass is 32.2. The molecule has 0 aromatic heterocycles. The minimum Gasteiger partial charge on any atom is -0.380 e. The van der Waals surface area contributed by atoms with Crippen molar-refractivity contribution >= 4 is 15.7 Å². The Kier molecular flexibility index (Phi) is 4.44. The number of para-hydroxylation sites is 1. The van der Waals surface area contributed by atoms with Gasteiger partial charge < -0.3 is 11.1 Å². The maximum atomic E-state index is 12.0. The average Bonchev–Trinajstić information content (AvgIpc) is 2.42. The molecule has 1 aliphatic rings. The van der Waals surface area contributed by atoms with Crippen molar-refractivity contribution < 1.29 is 8.42 Å². The third-order valence-corrected chi connectivity index (χ3v) is 5.08. The van der Waals surface area contributed by atoms with Crippen molar-refractivity contribution in [2.24, 2.45) is 5.73 Å². The van der Waals surface area contributed by atoms with Crippen LogP contribution in [0.4, 0.5) is 5.69 Å². The molecule has 106 valence electrons. The Balaban J connectivity index is 2.25. The lowest BCUT2D eigenvalue weighted by Crippen LogP contribution is -2.42. The molecule has 4 N–H and O–H groups in total. The normalized spacial score (nSPS) is 24.1. The van der Waals surface area contributed by atoms with E-state index in [9.17, 15) is 8.42 Å². The van der Waals surface area contributed by atoms with Crippen molar-refractivity contribution in [3.8, 4) is 0 Å². The summed E-state index contributed by atoms with van der Waals surface area (Å²) in [5.74, 6) is 0. The third-order valence-electron chi connectivity index (χ3n) is 3.61. The van der Waals surface area contributed by atoms with E-state index in [-0.39, 0.29) is 17.0 Å². The van der Waals surface area contributed by atoms with Crippen LogP contribution in [0, 0.1) is 0 Å². The Hall–Kier alpha value is -1.11. The van der Waals surface area contributed by atoms with Crippen LogP contribution in [-0.2, 0) is 10.0 Å². The van der Waals surface area contributed by atoms with Gasteiger partial charge in [0.1, 0.15) is 4.90 Å². The van der Waals surface area contributed by atoms with Crippen molar-refractivity contribution in [3.05, 3.63) is 24.3 Å². The Bertz CT molecular complexity index is 530. The summed E-state index contributed by atoms with van der Waals surface area (Å²) < 4.78 is 26.3. The number of benzene rings is 1. The quantitative estimate of drug-likeness (QED) is 0.777. The smallest absolute Gasteiger partial charge is 0.242 e. The molecule has 6 heteroatoms. The number of anilines is 1. The van der Waals surface area contributed by atoms with E-state index in [4.69, 9.17) is 5.73 Å². The first-order valence-electron chi connectivity index (χ1n) is 6.59. The molecule has 0 heterocycles. The van der Waals surface area contributed by atoms with Crippen LogP contribution in [0.25, 0.3) is 0 Å². The van der Waals surface area contributed by atoms with Crippen molar-refractivity contribution in [2.75, 3.05) is 12.4 Å². The second-order valence-electron chi connectivity index (χ2n) is 4.90. The lowest BCUT2D eigenvalue weighted by molar-refractivity contribution is 0.403. The molecule has 19 heavy (non-hydrogen) atoms. The third kappa shape index (κ3) is 3.26. The van der Waals surface area contributed by atoms with Crippen LogP contribution in [0.3, 0.4) is 0 Å². The topological polar surface area (TPSA) is 84.2 Å². The minimum absolute atomic E-state index is 0.0825. The summed E-state index contributed by atoms with van der Waals surface area (Å²) in [5.41, 5.74) is 6.72. The van der Waals surface area contributed by atoms with Gasteiger partial charge in [0.25, 0.3) is 0 Å². The molecule has 2 unspecified atom stereocenters. The molecule has 0 spiro atoms. The van der Waals surface area contributed by atoms with E-state index in [0.717, 1.165) is 25.7 Å². The van der Waals surface area contributed by atoms with Crippen LogP contribution >= 0.6 is 0 Å². The second-order valence-corrected chi connectivity index (χ2v) is 6.76. The summed E-state index contributed by atoms with van der Waals surface area (Å²) in [7, 11) is -2.04. The zero-order valence-electron chi connectivity index (χ0n) is 11.1. The molecule has 2 atom stereocenters. The molecule has 1 fully saturated rings. The Morgan fingerprint density at radius 2 is 1.89 bits per heavy atom. The first kappa shape index (κ1) is 14.3. The van der Waals surface area contributed by atoms with Crippen LogP contribution in [0.15, 0.2) is 29.2 Å². The molecule has 1 aromatic carbocycles. The maximum absolute atomic E-state index is 12.0. The second kappa shape index (κ2) is 5.90. The van der Waals surface area contributed by atoms with Gasteiger partial charge in [-0.2, -0.15) is 0 Å². The first-order valence-corrected chi connectivity index (χ1v) is 8.07. The van der Waals surface area contributed by atoms with Gasteiger partial charge in [-0.05, 0) is 32.0 Å². The zero-order valence-corrected chi connectivity index (χ0v) is 11.9. The van der Waals surface area contributed by atoms with Crippen molar-refractivity contribution in [3.63, 3.8) is 0 Å². The van der Waals surface area contributed by atoms with Crippen molar-refractivity contribution in [1.82, 2.24) is 4.72 Å². The Labute approximate surface area is 114 Å². The molecule has 0 amide bonds. The fraction of sp³-hybridized carbons (Fsp3) is 0.538. The molecule has 0 saturated heterocycles. The summed E-state index contributed by atoms with van der Waals surface area (Å²) in [5, 5.41) is 3.30. The SMILES string of the molecule is CNS(=O)(=O)c1ccccc1NC1CCCCC1N. The van der Waals surface area contributed by atoms with Crippen LogP contribution < -0.4 is 15.8 Å². The van der Waals surface area contributed by atoms with E-state index in [1.165, 1.54) is 7.05 Å². The lowest BCUT2D eigenvalue weighted by atomic mass is 9.91. The minimum atomic E-state index is -3.45. The van der Waals surface area contributed by atoms with Crippen LogP contribution in [0.1, 0.15) is 25.7 Å². The Morgan fingerprint density at radius 1 is 1.21 bits per heavy atom. The van der Waals surface area contributed by atoms with Gasteiger partial charge in [0.15, 0.2) is 0 Å². The molecule has 0 radical (unpaired) electrons. The van der Waals surface area contributed by atoms with Gasteiger partial charge >= 0.3 is 0 Å². The van der Waals surface area contributed by atoms with E-state index in [0.29, 0.717) is 5.69 Å². The predicted molar refractivity (Wildman–Crippen MR) is 76.5 cm³/mol. The highest BCUT2D eigenvalue weighted by Crippen LogP contribution is 2.25. The van der Waals surface area contributed by atoms with E-state index in [2.05, 4.69) is 10.0 Å². The monoisotopic (exact) mass is 283 g/mol. The molecule has 0 aliphatic heterocycles. The van der Waals surface area contributed by atoms with Crippen molar-refractivity contribution in [1.29, 1.82) is 0 Å². The number of hydrogen-bond donors (Lipinski definition) is 3. The van der Waals surface area contributed by atoms with Crippen molar-refractivity contribution in [2.45, 2.75) is 42.7 Å². The molecule has 5 nitrogen and oxygen atoms in total. The van der Waals surface area contributed by atoms with Gasteiger partial charge in [-0.15, -0.1) is 0 Å². The number of hydrogen-bond acceptors (Lipinski definition) is 4. The van der Waals surface area contributed by atoms with E-state index < -0.39 is 10.0 Å². The molecular formula is C13H21N3O2S. The van der Waals surface area contributed by atoms with Gasteiger partial charge in [-0.3, -0.25) is 0 Å². The van der Waals surface area contributed by atoms with E-state index >= 15 is 0 Å². The highest BCUT2D eigenvalue weighted by molar-refractivity contribution is 7.89. The Morgan fingerprint density at radius 3 is 2.58 bits per heavy atom. The summed E-state index contributed by atoms with van der Waals surface area (Å²) in [6, 6.07) is 7.15. The van der Waals surface area contributed by atoms with Gasteiger partial charge in [0.05, 0.1) is 5.69 Å². The number of nitrogens with one attached hydrogen (secondary N) is 2. The van der Waals surface area contributed by atoms with Gasteiger partial charge in [-0.25, -0.2) is 13.1 Å². The molecule has 2 rings (SSSR count). The summed E-state index contributed by atoms with van der Waals surface area (Å²) in [6.07, 6.45) is 4.25. The largest absolute Gasteiger partial charge is 0.380 e. The van der Waals surface area contributed by atoms with E-state index in [1.54, 1.807) is 18.2 Å². The summed E-state index contributed by atoms with van der Waals surface area (Å²) >= 11 is 0.